The molecular weight excluding hydrogens is 566 g/mol. The smallest absolute Gasteiger partial charge is 0.405 e. The van der Waals surface area contributed by atoms with Crippen LogP contribution in [0.3, 0.4) is 0 Å². The highest BCUT2D eigenvalue weighted by molar-refractivity contribution is 7.89. The number of nitrogens with one attached hydrogen (secondary N) is 3. The molecule has 9 nitrogen and oxygen atoms in total. The molecule has 4 N–H and O–H groups in total. The van der Waals surface area contributed by atoms with Gasteiger partial charge in [0.25, 0.3) is 0 Å². The number of rotatable bonds is 9. The first-order valence-corrected chi connectivity index (χ1v) is 16.3. The molecule has 2 unspecified atom stereocenters. The topological polar surface area (TPSA) is 128 Å². The number of amides is 2. The number of sulfonamides is 1. The highest BCUT2D eigenvalue weighted by Gasteiger charge is 2.40. The van der Waals surface area contributed by atoms with E-state index in [2.05, 4.69) is 16.0 Å². The fraction of sp³-hybridized carbons (Fsp3) is 0.533. The fourth-order valence-electron chi connectivity index (χ4n) is 6.85. The summed E-state index contributed by atoms with van der Waals surface area (Å²) in [4.78, 5) is 25.7. The molecule has 3 fully saturated rings. The molecule has 0 radical (unpaired) electrons. The molecule has 2 bridgehead atoms. The molecule has 2 aliphatic heterocycles. The van der Waals surface area contributed by atoms with Gasteiger partial charge in [0.1, 0.15) is 17.7 Å². The number of benzene rings is 2. The summed E-state index contributed by atoms with van der Waals surface area (Å²) in [5, 5.41) is 18.6. The minimum absolute atomic E-state index is 0.113. The van der Waals surface area contributed by atoms with Crippen LogP contribution < -0.4 is 16.0 Å². The van der Waals surface area contributed by atoms with E-state index in [0.29, 0.717) is 37.1 Å². The third-order valence-electron chi connectivity index (χ3n) is 8.97. The predicted molar refractivity (Wildman–Crippen MR) is 153 cm³/mol. The maximum atomic E-state index is 13.8. The van der Waals surface area contributed by atoms with E-state index in [4.69, 9.17) is 0 Å². The first kappa shape index (κ1) is 30.4. The maximum absolute atomic E-state index is 13.8. The van der Waals surface area contributed by atoms with Gasteiger partial charge in [-0.05, 0) is 79.8 Å². The molecule has 2 aromatic carbocycles. The lowest BCUT2D eigenvalue weighted by molar-refractivity contribution is -0.124. The molecule has 0 spiro atoms. The van der Waals surface area contributed by atoms with Gasteiger partial charge in [0.15, 0.2) is 0 Å². The fourth-order valence-corrected chi connectivity index (χ4v) is 8.65. The van der Waals surface area contributed by atoms with Crippen molar-refractivity contribution in [2.75, 3.05) is 18.8 Å². The van der Waals surface area contributed by atoms with Gasteiger partial charge < -0.3 is 21.1 Å². The van der Waals surface area contributed by atoms with Gasteiger partial charge in [-0.3, -0.25) is 4.79 Å². The molecular formula is C30H38F2N4O5S. The number of carbonyl (C=O) groups excluding carboxylic acids is 1. The number of hydrogen-bond donors (Lipinski definition) is 4. The second-order valence-electron chi connectivity index (χ2n) is 11.7. The minimum Gasteiger partial charge on any atom is -0.465 e. The van der Waals surface area contributed by atoms with Gasteiger partial charge in [0.2, 0.25) is 15.9 Å². The van der Waals surface area contributed by atoms with Crippen LogP contribution in [0.15, 0.2) is 48.5 Å². The van der Waals surface area contributed by atoms with Crippen LogP contribution in [0.25, 0.3) is 0 Å². The second kappa shape index (κ2) is 13.0. The molecule has 0 aromatic heterocycles. The van der Waals surface area contributed by atoms with Crippen molar-refractivity contribution in [2.45, 2.75) is 75.0 Å². The van der Waals surface area contributed by atoms with Crippen LogP contribution in [0.1, 0.15) is 62.0 Å². The number of carbonyl (C=O) groups is 2. The molecule has 2 heterocycles. The maximum Gasteiger partial charge on any atom is 0.405 e. The Morgan fingerprint density at radius 2 is 1.60 bits per heavy atom. The van der Waals surface area contributed by atoms with E-state index in [-0.39, 0.29) is 29.8 Å². The lowest BCUT2D eigenvalue weighted by Gasteiger charge is -2.38. The highest BCUT2D eigenvalue weighted by atomic mass is 32.2. The standard InChI is InChI=1S/C30H38F2N4O5S/c31-22-11-6-20(7-12-22)27(21-8-13-23(32)14-9-21)28(35-30(38)39)29(37)34-26-5-1-3-19(26)10-15-25-17-33-24-4-2-16-42(40,41)36(25)18-24/h6-9,11-14,19,24-28,33,35H,1-5,10,15-18H2,(H,34,37)(H,38,39)/t19-,24-,25+,26+,28?/m1/s1. The summed E-state index contributed by atoms with van der Waals surface area (Å²) in [5.41, 5.74) is 1.00. The van der Waals surface area contributed by atoms with Crippen molar-refractivity contribution in [2.24, 2.45) is 5.92 Å². The average molecular weight is 605 g/mol. The summed E-state index contributed by atoms with van der Waals surface area (Å²) < 4.78 is 54.9. The van der Waals surface area contributed by atoms with Crippen LogP contribution in [0.5, 0.6) is 0 Å². The molecule has 2 amide bonds. The molecule has 2 aromatic rings. The third kappa shape index (κ3) is 7.09. The zero-order chi connectivity index (χ0) is 29.9. The summed E-state index contributed by atoms with van der Waals surface area (Å²) in [7, 11) is -3.30. The lowest BCUT2D eigenvalue weighted by Crippen LogP contribution is -2.57. The van der Waals surface area contributed by atoms with Crippen LogP contribution in [0.4, 0.5) is 13.6 Å². The van der Waals surface area contributed by atoms with Crippen LogP contribution in [0, 0.1) is 17.6 Å². The van der Waals surface area contributed by atoms with Crippen LogP contribution in [0.2, 0.25) is 0 Å². The van der Waals surface area contributed by atoms with E-state index in [0.717, 1.165) is 32.1 Å². The highest BCUT2D eigenvalue weighted by Crippen LogP contribution is 2.34. The Balaban J connectivity index is 1.32. The van der Waals surface area contributed by atoms with Crippen molar-refractivity contribution in [3.63, 3.8) is 0 Å². The van der Waals surface area contributed by atoms with Crippen LogP contribution >= 0.6 is 0 Å². The molecule has 12 heteroatoms. The minimum atomic E-state index is -3.30. The summed E-state index contributed by atoms with van der Waals surface area (Å²) in [6.07, 6.45) is 3.99. The van der Waals surface area contributed by atoms with E-state index >= 15 is 0 Å². The Labute approximate surface area is 245 Å². The van der Waals surface area contributed by atoms with E-state index < -0.39 is 45.6 Å². The van der Waals surface area contributed by atoms with E-state index in [9.17, 15) is 31.9 Å². The van der Waals surface area contributed by atoms with Crippen LogP contribution in [-0.2, 0) is 14.8 Å². The predicted octanol–water partition coefficient (Wildman–Crippen LogP) is 3.56. The monoisotopic (exact) mass is 604 g/mol. The molecule has 5 rings (SSSR count). The van der Waals surface area contributed by atoms with Crippen molar-refractivity contribution >= 4 is 22.0 Å². The summed E-state index contributed by atoms with van der Waals surface area (Å²) >= 11 is 0. The van der Waals surface area contributed by atoms with Gasteiger partial charge in [0, 0.05) is 37.1 Å². The van der Waals surface area contributed by atoms with Gasteiger partial charge in [-0.1, -0.05) is 30.7 Å². The SMILES string of the molecule is O=C(O)NC(C(=O)N[C@H]1CCC[C@@H]1CC[C@H]1CN[C@@H]2CCCS(=O)(=O)N1C2)C(c1ccc(F)cc1)c1ccc(F)cc1. The zero-order valence-corrected chi connectivity index (χ0v) is 24.2. The van der Waals surface area contributed by atoms with Gasteiger partial charge >= 0.3 is 6.09 Å². The van der Waals surface area contributed by atoms with Gasteiger partial charge in [-0.15, -0.1) is 0 Å². The third-order valence-corrected chi connectivity index (χ3v) is 10.9. The van der Waals surface area contributed by atoms with Crippen molar-refractivity contribution in [1.29, 1.82) is 0 Å². The quantitative estimate of drug-likeness (QED) is 0.347. The van der Waals surface area contributed by atoms with Crippen molar-refractivity contribution < 1.29 is 31.9 Å². The molecule has 42 heavy (non-hydrogen) atoms. The Morgan fingerprint density at radius 1 is 0.952 bits per heavy atom. The summed E-state index contributed by atoms with van der Waals surface area (Å²) in [6, 6.07) is 9.50. The molecule has 228 valence electrons. The van der Waals surface area contributed by atoms with E-state index in [1.54, 1.807) is 4.31 Å². The average Bonchev–Trinajstić information content (AvgIpc) is 3.35. The van der Waals surface area contributed by atoms with Crippen molar-refractivity contribution in [3.05, 3.63) is 71.3 Å². The Morgan fingerprint density at radius 3 is 2.21 bits per heavy atom. The number of halogens is 2. The lowest BCUT2D eigenvalue weighted by atomic mass is 9.84. The van der Waals surface area contributed by atoms with E-state index in [1.807, 2.05) is 0 Å². The normalized spacial score (nSPS) is 27.6. The Hall–Kier alpha value is -3.09. The molecule has 3 aliphatic rings. The van der Waals surface area contributed by atoms with E-state index in [1.165, 1.54) is 48.5 Å². The van der Waals surface area contributed by atoms with Gasteiger partial charge in [-0.2, -0.15) is 4.31 Å². The molecule has 2 saturated heterocycles. The van der Waals surface area contributed by atoms with Crippen LogP contribution in [-0.4, -0.2) is 72.8 Å². The largest absolute Gasteiger partial charge is 0.465 e. The second-order valence-corrected chi connectivity index (χ2v) is 13.7. The first-order valence-electron chi connectivity index (χ1n) is 14.6. The number of hydrogen-bond acceptors (Lipinski definition) is 5. The molecule has 1 saturated carbocycles. The van der Waals surface area contributed by atoms with Crippen molar-refractivity contribution in [3.8, 4) is 0 Å². The first-order chi connectivity index (χ1) is 20.1. The summed E-state index contributed by atoms with van der Waals surface area (Å²) in [5.74, 6) is -2.03. The number of piperazine rings is 1. The zero-order valence-electron chi connectivity index (χ0n) is 23.3. The summed E-state index contributed by atoms with van der Waals surface area (Å²) in [6.45, 7) is 1.10. The van der Waals surface area contributed by atoms with Gasteiger partial charge in [-0.25, -0.2) is 22.0 Å². The number of fused-ring (bicyclic) bond motifs is 2. The molecule has 1 aliphatic carbocycles. The Kier molecular flexibility index (Phi) is 9.44. The molecule has 6 atom stereocenters. The van der Waals surface area contributed by atoms with Crippen molar-refractivity contribution in [1.82, 2.24) is 20.3 Å². The number of nitrogens with zero attached hydrogens (tertiary/aromatic N) is 1. The number of carboxylic acid groups (broad SMARTS) is 1. The van der Waals surface area contributed by atoms with Gasteiger partial charge in [0.05, 0.1) is 5.75 Å². The Bertz CT molecular complexity index is 1310.